The summed E-state index contributed by atoms with van der Waals surface area (Å²) in [6.45, 7) is 11.6. The quantitative estimate of drug-likeness (QED) is 0.113. The summed E-state index contributed by atoms with van der Waals surface area (Å²) in [6.07, 6.45) is 0. The van der Waals surface area contributed by atoms with E-state index in [0.29, 0.717) is 0 Å². The average Bonchev–Trinajstić information content (AvgIpc) is 2.79. The van der Waals surface area contributed by atoms with Gasteiger partial charge in [-0.3, -0.25) is 10.1 Å². The van der Waals surface area contributed by atoms with Gasteiger partial charge in [-0.25, -0.2) is 9.59 Å². The van der Waals surface area contributed by atoms with E-state index in [1.54, 1.807) is 32.9 Å². The van der Waals surface area contributed by atoms with E-state index in [0.717, 1.165) is 6.04 Å². The molecule has 0 bridgehead atoms. The summed E-state index contributed by atoms with van der Waals surface area (Å²) in [5.41, 5.74) is -0.522. The topological polar surface area (TPSA) is 123 Å². The van der Waals surface area contributed by atoms with Crippen molar-refractivity contribution in [3.8, 4) is 11.5 Å². The first-order chi connectivity index (χ1) is 17.2. The number of benzene rings is 2. The molecule has 37 heavy (non-hydrogen) atoms. The Hall–Kier alpha value is -3.44. The molecule has 0 aliphatic heterocycles. The first kappa shape index (κ1) is 29.8. The molecule has 0 aromatic heterocycles. The lowest BCUT2D eigenvalue weighted by Gasteiger charge is -2.21. The molecular weight excluding hydrogens is 498 g/mol. The molecule has 0 radical (unpaired) electrons. The average molecular weight is 534 g/mol. The van der Waals surface area contributed by atoms with Crippen LogP contribution in [0.3, 0.4) is 0 Å². The van der Waals surface area contributed by atoms with Gasteiger partial charge in [-0.05, 0) is 45.0 Å². The van der Waals surface area contributed by atoms with E-state index in [1.165, 1.54) is 31.4 Å². The van der Waals surface area contributed by atoms with Gasteiger partial charge in [0.2, 0.25) is 0 Å². The van der Waals surface area contributed by atoms with Crippen molar-refractivity contribution in [1.82, 2.24) is 0 Å². The Morgan fingerprint density at radius 1 is 1.00 bits per heavy atom. The maximum absolute atomic E-state index is 12.9. The van der Waals surface area contributed by atoms with Crippen molar-refractivity contribution in [2.75, 3.05) is 20.5 Å². The van der Waals surface area contributed by atoms with Crippen LogP contribution in [0.2, 0.25) is 25.7 Å². The first-order valence-corrected chi connectivity index (χ1v) is 15.5. The second-order valence-electron chi connectivity index (χ2n) is 10.5. The van der Waals surface area contributed by atoms with Crippen molar-refractivity contribution in [3.05, 3.63) is 63.2 Å². The van der Waals surface area contributed by atoms with E-state index in [-0.39, 0.29) is 53.9 Å². The predicted octanol–water partition coefficient (Wildman–Crippen LogP) is 5.61. The SMILES string of the molecule is COCOc1cccc(C(=O)OC(C)(C)C)c1OCc1cc([N+](=O)[O-])ccc1C(=O)OCC[Si](C)(C)C. The Kier molecular flexibility index (Phi) is 10.2. The second-order valence-corrected chi connectivity index (χ2v) is 16.1. The normalized spacial score (nSPS) is 11.5. The molecule has 0 N–H and O–H groups in total. The Bertz CT molecular complexity index is 1120. The van der Waals surface area contributed by atoms with Gasteiger partial charge in [-0.15, -0.1) is 0 Å². The molecule has 11 heteroatoms. The maximum atomic E-state index is 12.9. The molecule has 2 aromatic carbocycles. The monoisotopic (exact) mass is 533 g/mol. The molecule has 202 valence electrons. The minimum Gasteiger partial charge on any atom is -0.484 e. The van der Waals surface area contributed by atoms with E-state index in [4.69, 9.17) is 23.7 Å². The van der Waals surface area contributed by atoms with E-state index in [9.17, 15) is 19.7 Å². The van der Waals surface area contributed by atoms with Crippen LogP contribution < -0.4 is 9.47 Å². The van der Waals surface area contributed by atoms with Crippen LogP contribution in [0.25, 0.3) is 0 Å². The summed E-state index contributed by atoms with van der Waals surface area (Å²) >= 11 is 0. The van der Waals surface area contributed by atoms with Crippen LogP contribution in [0.4, 0.5) is 5.69 Å². The molecule has 0 atom stereocenters. The van der Waals surface area contributed by atoms with Crippen LogP contribution >= 0.6 is 0 Å². The Labute approximate surface area is 218 Å². The summed E-state index contributed by atoms with van der Waals surface area (Å²) in [6, 6.07) is 9.31. The molecule has 0 amide bonds. The van der Waals surface area contributed by atoms with Gasteiger partial charge in [0.15, 0.2) is 18.3 Å². The number of ether oxygens (including phenoxy) is 5. The molecule has 0 saturated carbocycles. The number of carbonyl (C=O) groups is 2. The minimum atomic E-state index is -1.43. The number of hydrogen-bond acceptors (Lipinski definition) is 9. The number of para-hydroxylation sites is 1. The van der Waals surface area contributed by atoms with Crippen molar-refractivity contribution >= 4 is 25.7 Å². The summed E-state index contributed by atoms with van der Waals surface area (Å²) < 4.78 is 27.4. The van der Waals surface area contributed by atoms with Gasteiger partial charge < -0.3 is 23.7 Å². The van der Waals surface area contributed by atoms with Crippen molar-refractivity contribution in [1.29, 1.82) is 0 Å². The number of methoxy groups -OCH3 is 1. The molecule has 0 spiro atoms. The molecule has 0 saturated heterocycles. The van der Waals surface area contributed by atoms with Crippen molar-refractivity contribution in [2.45, 2.75) is 58.7 Å². The molecule has 0 fully saturated rings. The highest BCUT2D eigenvalue weighted by atomic mass is 28.3. The molecule has 10 nitrogen and oxygen atoms in total. The fraction of sp³-hybridized carbons (Fsp3) is 0.462. The number of non-ortho nitro benzene ring substituents is 1. The number of esters is 2. The van der Waals surface area contributed by atoms with Crippen molar-refractivity contribution in [2.24, 2.45) is 0 Å². The van der Waals surface area contributed by atoms with Gasteiger partial charge >= 0.3 is 11.9 Å². The third-order valence-corrected chi connectivity index (χ3v) is 6.61. The zero-order valence-corrected chi connectivity index (χ0v) is 23.4. The zero-order valence-electron chi connectivity index (χ0n) is 22.4. The molecular formula is C26H35NO9Si. The highest BCUT2D eigenvalue weighted by Gasteiger charge is 2.25. The smallest absolute Gasteiger partial charge is 0.342 e. The highest BCUT2D eigenvalue weighted by Crippen LogP contribution is 2.34. The lowest BCUT2D eigenvalue weighted by Crippen LogP contribution is -2.24. The second kappa shape index (κ2) is 12.7. The molecule has 0 aliphatic carbocycles. The number of nitro groups is 1. The largest absolute Gasteiger partial charge is 0.484 e. The van der Waals surface area contributed by atoms with Gasteiger partial charge in [0, 0.05) is 32.9 Å². The van der Waals surface area contributed by atoms with Crippen LogP contribution in [0.15, 0.2) is 36.4 Å². The lowest BCUT2D eigenvalue weighted by molar-refractivity contribution is -0.384. The van der Waals surface area contributed by atoms with Crippen LogP contribution in [-0.2, 0) is 20.8 Å². The number of rotatable bonds is 12. The number of carbonyl (C=O) groups excluding carboxylic acids is 2. The third-order valence-electron chi connectivity index (χ3n) is 4.91. The molecule has 2 aromatic rings. The Morgan fingerprint density at radius 3 is 2.30 bits per heavy atom. The molecule has 0 unspecified atom stereocenters. The van der Waals surface area contributed by atoms with Crippen LogP contribution in [0.5, 0.6) is 11.5 Å². The van der Waals surface area contributed by atoms with Crippen LogP contribution in [-0.4, -0.2) is 51.0 Å². The van der Waals surface area contributed by atoms with Gasteiger partial charge in [0.25, 0.3) is 5.69 Å². The van der Waals surface area contributed by atoms with Gasteiger partial charge in [-0.1, -0.05) is 25.7 Å². The standard InChI is InChI=1S/C26H35NO9Si/c1-26(2,3)36-25(29)21-9-8-10-22(35-17-32-4)23(21)34-16-18-15-19(27(30)31)11-12-20(18)24(28)33-13-14-37(5,6)7/h8-12,15H,13-14,16-17H2,1-7H3. The van der Waals surface area contributed by atoms with Gasteiger partial charge in [0.05, 0.1) is 17.1 Å². The van der Waals surface area contributed by atoms with Gasteiger partial charge in [0.1, 0.15) is 17.8 Å². The summed E-state index contributed by atoms with van der Waals surface area (Å²) in [5.74, 6) is -0.994. The minimum absolute atomic E-state index is 0.0540. The van der Waals surface area contributed by atoms with Crippen LogP contribution in [0.1, 0.15) is 47.1 Å². The Balaban J connectivity index is 2.41. The first-order valence-electron chi connectivity index (χ1n) is 11.8. The molecule has 0 aliphatic rings. The molecule has 2 rings (SSSR count). The summed E-state index contributed by atoms with van der Waals surface area (Å²) in [5, 5.41) is 11.4. The van der Waals surface area contributed by atoms with E-state index in [2.05, 4.69) is 19.6 Å². The Morgan fingerprint density at radius 2 is 1.70 bits per heavy atom. The number of nitro benzene ring substituents is 1. The fourth-order valence-corrected chi connectivity index (χ4v) is 3.80. The predicted molar refractivity (Wildman–Crippen MR) is 140 cm³/mol. The van der Waals surface area contributed by atoms with E-state index >= 15 is 0 Å². The van der Waals surface area contributed by atoms with Crippen molar-refractivity contribution < 1.29 is 38.2 Å². The third kappa shape index (κ3) is 9.50. The van der Waals surface area contributed by atoms with Crippen molar-refractivity contribution in [3.63, 3.8) is 0 Å². The lowest BCUT2D eigenvalue weighted by atomic mass is 10.1. The fourth-order valence-electron chi connectivity index (χ4n) is 3.08. The summed E-state index contributed by atoms with van der Waals surface area (Å²) in [4.78, 5) is 36.6. The van der Waals surface area contributed by atoms with Gasteiger partial charge in [-0.2, -0.15) is 0 Å². The number of nitrogens with zero attached hydrogens (tertiary/aromatic N) is 1. The highest BCUT2D eigenvalue weighted by molar-refractivity contribution is 6.76. The molecule has 0 heterocycles. The van der Waals surface area contributed by atoms with E-state index < -0.39 is 30.5 Å². The van der Waals surface area contributed by atoms with Crippen LogP contribution in [0, 0.1) is 10.1 Å². The van der Waals surface area contributed by atoms with E-state index in [1.807, 2.05) is 0 Å². The number of hydrogen-bond donors (Lipinski definition) is 0. The maximum Gasteiger partial charge on any atom is 0.342 e. The summed E-state index contributed by atoms with van der Waals surface area (Å²) in [7, 11) is 0.0131. The zero-order chi connectivity index (χ0) is 27.8.